The summed E-state index contributed by atoms with van der Waals surface area (Å²) in [7, 11) is 1.74. The zero-order valence-corrected chi connectivity index (χ0v) is 11.6. The lowest BCUT2D eigenvalue weighted by atomic mass is 9.98. The van der Waals surface area contributed by atoms with Gasteiger partial charge in [-0.3, -0.25) is 4.90 Å². The van der Waals surface area contributed by atoms with Gasteiger partial charge in [-0.25, -0.2) is 4.39 Å². The maximum atomic E-state index is 14.1. The molecular formula is C15H23FN2O. The molecule has 2 rings (SSSR count). The minimum atomic E-state index is -0.140. The van der Waals surface area contributed by atoms with E-state index in [1.807, 2.05) is 12.1 Å². The number of nitrogens with zero attached hydrogens (tertiary/aromatic N) is 1. The number of hydrogen-bond acceptors (Lipinski definition) is 3. The summed E-state index contributed by atoms with van der Waals surface area (Å²) in [5, 5.41) is 0. The molecule has 0 amide bonds. The van der Waals surface area contributed by atoms with E-state index >= 15 is 0 Å². The van der Waals surface area contributed by atoms with Gasteiger partial charge in [0.05, 0.1) is 6.61 Å². The van der Waals surface area contributed by atoms with E-state index in [0.29, 0.717) is 18.0 Å². The van der Waals surface area contributed by atoms with E-state index in [2.05, 4.69) is 4.90 Å². The Hall–Kier alpha value is -0.970. The van der Waals surface area contributed by atoms with Gasteiger partial charge < -0.3 is 10.5 Å². The van der Waals surface area contributed by atoms with Gasteiger partial charge in [0, 0.05) is 37.9 Å². The van der Waals surface area contributed by atoms with Crippen LogP contribution in [0.1, 0.15) is 24.0 Å². The van der Waals surface area contributed by atoms with Crippen molar-refractivity contribution in [2.75, 3.05) is 26.8 Å². The molecule has 2 N–H and O–H groups in total. The zero-order valence-electron chi connectivity index (χ0n) is 11.6. The quantitative estimate of drug-likeness (QED) is 0.887. The van der Waals surface area contributed by atoms with E-state index in [-0.39, 0.29) is 12.4 Å². The number of methoxy groups -OCH3 is 1. The van der Waals surface area contributed by atoms with Crippen LogP contribution in [-0.2, 0) is 17.8 Å². The van der Waals surface area contributed by atoms with Crippen LogP contribution in [0.5, 0.6) is 0 Å². The van der Waals surface area contributed by atoms with Crippen molar-refractivity contribution in [3.63, 3.8) is 0 Å². The van der Waals surface area contributed by atoms with E-state index in [1.54, 1.807) is 13.2 Å². The first-order valence-electron chi connectivity index (χ1n) is 6.92. The Bertz CT molecular complexity index is 409. The topological polar surface area (TPSA) is 38.5 Å². The molecule has 1 atom stereocenters. The Morgan fingerprint density at radius 1 is 1.42 bits per heavy atom. The lowest BCUT2D eigenvalue weighted by molar-refractivity contribution is 0.0868. The highest BCUT2D eigenvalue weighted by Crippen LogP contribution is 2.21. The van der Waals surface area contributed by atoms with Gasteiger partial charge in [-0.2, -0.15) is 0 Å². The Kier molecular flexibility index (Phi) is 5.31. The summed E-state index contributed by atoms with van der Waals surface area (Å²) in [5.41, 5.74) is 6.90. The smallest absolute Gasteiger partial charge is 0.132 e. The Labute approximate surface area is 114 Å². The van der Waals surface area contributed by atoms with Crippen molar-refractivity contribution in [2.45, 2.75) is 25.9 Å². The van der Waals surface area contributed by atoms with Gasteiger partial charge in [0.1, 0.15) is 5.82 Å². The average Bonchev–Trinajstić information content (AvgIpc) is 2.42. The van der Waals surface area contributed by atoms with Crippen LogP contribution in [0.2, 0.25) is 0 Å². The predicted molar refractivity (Wildman–Crippen MR) is 74.2 cm³/mol. The van der Waals surface area contributed by atoms with Crippen molar-refractivity contribution >= 4 is 0 Å². The maximum absolute atomic E-state index is 14.1. The van der Waals surface area contributed by atoms with Crippen molar-refractivity contribution in [2.24, 2.45) is 11.7 Å². The van der Waals surface area contributed by atoms with E-state index in [9.17, 15) is 4.39 Å². The van der Waals surface area contributed by atoms with Gasteiger partial charge >= 0.3 is 0 Å². The number of hydrogen-bond donors (Lipinski definition) is 1. The summed E-state index contributed by atoms with van der Waals surface area (Å²) in [4.78, 5) is 2.31. The van der Waals surface area contributed by atoms with Crippen molar-refractivity contribution in [1.82, 2.24) is 4.90 Å². The van der Waals surface area contributed by atoms with Gasteiger partial charge in [0.25, 0.3) is 0 Å². The molecule has 1 fully saturated rings. The summed E-state index contributed by atoms with van der Waals surface area (Å²) in [6.45, 7) is 3.74. The van der Waals surface area contributed by atoms with Gasteiger partial charge in [-0.1, -0.05) is 18.2 Å². The maximum Gasteiger partial charge on any atom is 0.132 e. The molecule has 0 aliphatic carbocycles. The van der Waals surface area contributed by atoms with Crippen LogP contribution in [0, 0.1) is 11.7 Å². The number of rotatable bonds is 5. The highest BCUT2D eigenvalue weighted by molar-refractivity contribution is 5.25. The van der Waals surface area contributed by atoms with Crippen LogP contribution in [-0.4, -0.2) is 31.7 Å². The molecule has 3 nitrogen and oxygen atoms in total. The minimum Gasteiger partial charge on any atom is -0.384 e. The van der Waals surface area contributed by atoms with Crippen LogP contribution < -0.4 is 5.73 Å². The highest BCUT2D eigenvalue weighted by Gasteiger charge is 2.20. The van der Waals surface area contributed by atoms with E-state index in [1.165, 1.54) is 6.42 Å². The zero-order chi connectivity index (χ0) is 13.7. The molecule has 1 aromatic rings. The third kappa shape index (κ3) is 3.75. The van der Waals surface area contributed by atoms with Crippen LogP contribution in [0.3, 0.4) is 0 Å². The monoisotopic (exact) mass is 266 g/mol. The second-order valence-electron chi connectivity index (χ2n) is 5.29. The fraction of sp³-hybridized carbons (Fsp3) is 0.600. The van der Waals surface area contributed by atoms with Crippen LogP contribution in [0.4, 0.5) is 4.39 Å². The molecule has 1 saturated heterocycles. The molecule has 0 radical (unpaired) electrons. The minimum absolute atomic E-state index is 0.140. The first kappa shape index (κ1) is 14.4. The third-order valence-corrected chi connectivity index (χ3v) is 3.78. The second-order valence-corrected chi connectivity index (χ2v) is 5.29. The molecule has 1 aromatic carbocycles. The van der Waals surface area contributed by atoms with Crippen molar-refractivity contribution in [1.29, 1.82) is 0 Å². The largest absolute Gasteiger partial charge is 0.384 e. The lowest BCUT2D eigenvalue weighted by Crippen LogP contribution is -2.36. The average molecular weight is 266 g/mol. The van der Waals surface area contributed by atoms with Crippen LogP contribution >= 0.6 is 0 Å². The van der Waals surface area contributed by atoms with Crippen molar-refractivity contribution in [3.8, 4) is 0 Å². The van der Waals surface area contributed by atoms with Crippen molar-refractivity contribution in [3.05, 3.63) is 35.1 Å². The number of ether oxygens (including phenoxy) is 1. The summed E-state index contributed by atoms with van der Waals surface area (Å²) >= 11 is 0. The molecule has 0 aromatic heterocycles. The first-order valence-corrected chi connectivity index (χ1v) is 6.92. The van der Waals surface area contributed by atoms with E-state index in [0.717, 1.165) is 31.7 Å². The number of nitrogens with two attached hydrogens (primary N) is 1. The van der Waals surface area contributed by atoms with Crippen LogP contribution in [0.25, 0.3) is 0 Å². The van der Waals surface area contributed by atoms with Gasteiger partial charge in [-0.15, -0.1) is 0 Å². The summed E-state index contributed by atoms with van der Waals surface area (Å²) in [6.07, 6.45) is 2.36. The number of benzene rings is 1. The summed E-state index contributed by atoms with van der Waals surface area (Å²) in [6, 6.07) is 5.49. The highest BCUT2D eigenvalue weighted by atomic mass is 19.1. The first-order chi connectivity index (χ1) is 9.24. The van der Waals surface area contributed by atoms with Crippen molar-refractivity contribution < 1.29 is 9.13 Å². The SMILES string of the molecule is COCC1CCCN(Cc2cccc(CN)c2F)C1. The second kappa shape index (κ2) is 6.98. The molecule has 1 aliphatic heterocycles. The molecule has 1 unspecified atom stereocenters. The standard InChI is InChI=1S/C15H23FN2O/c1-19-11-12-4-3-7-18(9-12)10-14-6-2-5-13(8-17)15(14)16/h2,5-6,12H,3-4,7-11,17H2,1H3. The Morgan fingerprint density at radius 3 is 2.95 bits per heavy atom. The number of piperidine rings is 1. The molecule has 0 saturated carbocycles. The number of likely N-dealkylation sites (tertiary alicyclic amines) is 1. The molecule has 1 aliphatic rings. The molecule has 19 heavy (non-hydrogen) atoms. The van der Waals surface area contributed by atoms with Gasteiger partial charge in [-0.05, 0) is 25.3 Å². The molecule has 0 spiro atoms. The normalized spacial score (nSPS) is 20.7. The van der Waals surface area contributed by atoms with Gasteiger partial charge in [0.2, 0.25) is 0 Å². The molecular weight excluding hydrogens is 243 g/mol. The molecule has 1 heterocycles. The fourth-order valence-corrected chi connectivity index (χ4v) is 2.82. The lowest BCUT2D eigenvalue weighted by Gasteiger charge is -2.32. The predicted octanol–water partition coefficient (Wildman–Crippen LogP) is 2.14. The number of halogens is 1. The Morgan fingerprint density at radius 2 is 2.21 bits per heavy atom. The van der Waals surface area contributed by atoms with Crippen LogP contribution in [0.15, 0.2) is 18.2 Å². The molecule has 106 valence electrons. The van der Waals surface area contributed by atoms with E-state index < -0.39 is 0 Å². The Balaban J connectivity index is 2.00. The van der Waals surface area contributed by atoms with Gasteiger partial charge in [0.15, 0.2) is 0 Å². The summed E-state index contributed by atoms with van der Waals surface area (Å²) < 4.78 is 19.4. The molecule has 4 heteroatoms. The molecule has 0 bridgehead atoms. The summed E-state index contributed by atoms with van der Waals surface area (Å²) in [5.74, 6) is 0.429. The third-order valence-electron chi connectivity index (χ3n) is 3.78. The fourth-order valence-electron chi connectivity index (χ4n) is 2.82. The van der Waals surface area contributed by atoms with E-state index in [4.69, 9.17) is 10.5 Å².